The average molecular weight is 222 g/mol. The van der Waals surface area contributed by atoms with Gasteiger partial charge in [0.1, 0.15) is 0 Å². The molecule has 0 aromatic carbocycles. The number of hydrogen-bond donors (Lipinski definition) is 2. The van der Waals surface area contributed by atoms with Gasteiger partial charge in [-0.15, -0.1) is 0 Å². The van der Waals surface area contributed by atoms with Crippen molar-refractivity contribution in [1.82, 2.24) is 10.6 Å². The van der Waals surface area contributed by atoms with Gasteiger partial charge in [0.15, 0.2) is 0 Å². The van der Waals surface area contributed by atoms with Gasteiger partial charge in [-0.2, -0.15) is 0 Å². The minimum atomic E-state index is -0.164. The van der Waals surface area contributed by atoms with Gasteiger partial charge in [-0.1, -0.05) is 19.6 Å². The second-order valence-electron chi connectivity index (χ2n) is 3.24. The van der Waals surface area contributed by atoms with E-state index in [2.05, 4.69) is 17.2 Å². The molecular weight excluding hydrogens is 204 g/mol. The summed E-state index contributed by atoms with van der Waals surface area (Å²) in [5.74, 6) is -0.295. The van der Waals surface area contributed by atoms with E-state index in [0.29, 0.717) is 12.1 Å². The fraction of sp³-hybridized carbons (Fsp3) is 0.333. The number of hydrogen-bond acceptors (Lipinski definition) is 2. The Morgan fingerprint density at radius 3 is 2.12 bits per heavy atom. The fourth-order valence-electron chi connectivity index (χ4n) is 1.10. The van der Waals surface area contributed by atoms with Crippen molar-refractivity contribution in [3.05, 3.63) is 36.2 Å². The van der Waals surface area contributed by atoms with Crippen molar-refractivity contribution >= 4 is 11.8 Å². The summed E-state index contributed by atoms with van der Waals surface area (Å²) < 4.78 is 0. The number of nitrogens with one attached hydrogen (secondary N) is 2. The highest BCUT2D eigenvalue weighted by atomic mass is 16.2. The lowest BCUT2D eigenvalue weighted by molar-refractivity contribution is -0.119. The van der Waals surface area contributed by atoms with Crippen LogP contribution >= 0.6 is 0 Å². The maximum absolute atomic E-state index is 10.9. The Morgan fingerprint density at radius 1 is 1.19 bits per heavy atom. The normalized spacial score (nSPS) is 11.9. The van der Waals surface area contributed by atoms with Crippen LogP contribution in [-0.2, 0) is 9.59 Å². The Labute approximate surface area is 96.1 Å². The Kier molecular flexibility index (Phi) is 6.59. The number of amides is 2. The molecule has 0 aromatic rings. The molecule has 0 radical (unpaired) electrons. The van der Waals surface area contributed by atoms with Crippen LogP contribution in [0.5, 0.6) is 0 Å². The maximum Gasteiger partial charge on any atom is 0.221 e. The molecule has 0 saturated heterocycles. The van der Waals surface area contributed by atoms with Crippen molar-refractivity contribution in [3.8, 4) is 0 Å². The zero-order chi connectivity index (χ0) is 12.6. The first-order valence-electron chi connectivity index (χ1n) is 5.08. The summed E-state index contributed by atoms with van der Waals surface area (Å²) >= 11 is 0. The first-order chi connectivity index (χ1) is 7.49. The summed E-state index contributed by atoms with van der Waals surface area (Å²) in [5.41, 5.74) is 1.35. The predicted molar refractivity (Wildman–Crippen MR) is 64.3 cm³/mol. The molecule has 4 heteroatoms. The molecule has 0 heterocycles. The van der Waals surface area contributed by atoms with Gasteiger partial charge in [0.05, 0.1) is 0 Å². The van der Waals surface area contributed by atoms with Crippen LogP contribution in [0.4, 0.5) is 0 Å². The molecule has 2 N–H and O–H groups in total. The van der Waals surface area contributed by atoms with Gasteiger partial charge in [0.25, 0.3) is 0 Å². The monoisotopic (exact) mass is 222 g/mol. The van der Waals surface area contributed by atoms with E-state index in [4.69, 9.17) is 0 Å². The lowest BCUT2D eigenvalue weighted by Gasteiger charge is -2.08. The topological polar surface area (TPSA) is 58.2 Å². The van der Waals surface area contributed by atoms with Crippen LogP contribution < -0.4 is 10.6 Å². The van der Waals surface area contributed by atoms with Crippen LogP contribution in [0.2, 0.25) is 0 Å². The molecule has 0 aliphatic rings. The quantitative estimate of drug-likeness (QED) is 0.694. The maximum atomic E-state index is 10.9. The van der Waals surface area contributed by atoms with Gasteiger partial charge >= 0.3 is 0 Å². The van der Waals surface area contributed by atoms with Crippen LogP contribution in [0, 0.1) is 0 Å². The number of carbonyl (C=O) groups is 2. The molecule has 0 bridgehead atoms. The third-order valence-corrected chi connectivity index (χ3v) is 1.67. The highest BCUT2D eigenvalue weighted by Gasteiger charge is 2.00. The molecule has 2 amide bonds. The summed E-state index contributed by atoms with van der Waals surface area (Å²) in [5, 5.41) is 5.33. The second kappa shape index (κ2) is 7.45. The Morgan fingerprint density at radius 2 is 1.75 bits per heavy atom. The van der Waals surface area contributed by atoms with Crippen molar-refractivity contribution in [2.75, 3.05) is 0 Å². The second-order valence-corrected chi connectivity index (χ2v) is 3.24. The van der Waals surface area contributed by atoms with E-state index in [1.165, 1.54) is 13.8 Å². The molecule has 88 valence electrons. The largest absolute Gasteiger partial charge is 0.330 e. The van der Waals surface area contributed by atoms with E-state index >= 15 is 0 Å². The summed E-state index contributed by atoms with van der Waals surface area (Å²) in [4.78, 5) is 21.8. The van der Waals surface area contributed by atoms with Crippen molar-refractivity contribution < 1.29 is 9.59 Å². The summed E-state index contributed by atoms with van der Waals surface area (Å²) in [6.45, 7) is 8.34. The lowest BCUT2D eigenvalue weighted by Crippen LogP contribution is -2.22. The molecule has 0 unspecified atom stereocenters. The molecule has 0 atom stereocenters. The first-order valence-corrected chi connectivity index (χ1v) is 5.08. The minimum absolute atomic E-state index is 0.131. The van der Waals surface area contributed by atoms with Crippen molar-refractivity contribution in [1.29, 1.82) is 0 Å². The zero-order valence-electron chi connectivity index (χ0n) is 9.96. The lowest BCUT2D eigenvalue weighted by atomic mass is 10.2. The predicted octanol–water partition coefficient (Wildman–Crippen LogP) is 1.62. The third-order valence-electron chi connectivity index (χ3n) is 1.67. The van der Waals surface area contributed by atoms with Gasteiger partial charge in [-0.3, -0.25) is 9.59 Å². The van der Waals surface area contributed by atoms with Crippen LogP contribution in [0.15, 0.2) is 36.2 Å². The highest BCUT2D eigenvalue weighted by molar-refractivity contribution is 5.76. The van der Waals surface area contributed by atoms with Crippen LogP contribution in [0.25, 0.3) is 0 Å². The van der Waals surface area contributed by atoms with E-state index in [9.17, 15) is 9.59 Å². The van der Waals surface area contributed by atoms with Gasteiger partial charge in [0.2, 0.25) is 11.8 Å². The molecule has 0 fully saturated rings. The van der Waals surface area contributed by atoms with Gasteiger partial charge in [-0.25, -0.2) is 0 Å². The third kappa shape index (κ3) is 6.59. The Bertz CT molecular complexity index is 341. The van der Waals surface area contributed by atoms with E-state index in [1.807, 2.05) is 6.92 Å². The van der Waals surface area contributed by atoms with Crippen molar-refractivity contribution in [2.24, 2.45) is 0 Å². The Hall–Kier alpha value is -1.84. The highest BCUT2D eigenvalue weighted by Crippen LogP contribution is 2.02. The van der Waals surface area contributed by atoms with Crippen LogP contribution in [-0.4, -0.2) is 11.8 Å². The Balaban J connectivity index is 4.84. The molecule has 0 rings (SSSR count). The van der Waals surface area contributed by atoms with Crippen LogP contribution in [0.3, 0.4) is 0 Å². The van der Waals surface area contributed by atoms with Gasteiger partial charge in [0, 0.05) is 25.2 Å². The molecular formula is C12H18N2O2. The SMILES string of the molecule is C=C/C=C(\C=C(/CC)NC(C)=O)NC(C)=O. The fourth-order valence-corrected chi connectivity index (χ4v) is 1.10. The van der Waals surface area contributed by atoms with E-state index in [1.54, 1.807) is 18.2 Å². The molecule has 16 heavy (non-hydrogen) atoms. The first kappa shape index (κ1) is 14.2. The molecule has 0 spiro atoms. The van der Waals surface area contributed by atoms with Crippen molar-refractivity contribution in [3.63, 3.8) is 0 Å². The summed E-state index contributed by atoms with van der Waals surface area (Å²) in [6.07, 6.45) is 5.62. The standard InChI is InChI=1S/C12H18N2O2/c1-5-7-12(14-10(4)16)8-11(6-2)13-9(3)15/h5,7-8H,1,6H2,2-4H3,(H,13,15)(H,14,16)/b11-8+,12-7+. The minimum Gasteiger partial charge on any atom is -0.330 e. The van der Waals surface area contributed by atoms with Crippen LogP contribution in [0.1, 0.15) is 27.2 Å². The van der Waals surface area contributed by atoms with Gasteiger partial charge < -0.3 is 10.6 Å². The summed E-state index contributed by atoms with van der Waals surface area (Å²) in [7, 11) is 0. The number of rotatable bonds is 5. The molecule has 0 saturated carbocycles. The average Bonchev–Trinajstić information content (AvgIpc) is 2.15. The van der Waals surface area contributed by atoms with Crippen molar-refractivity contribution in [2.45, 2.75) is 27.2 Å². The molecule has 0 aliphatic carbocycles. The van der Waals surface area contributed by atoms with E-state index in [-0.39, 0.29) is 11.8 Å². The summed E-state index contributed by atoms with van der Waals surface area (Å²) in [6, 6.07) is 0. The molecule has 0 aliphatic heterocycles. The van der Waals surface area contributed by atoms with E-state index in [0.717, 1.165) is 5.70 Å². The zero-order valence-corrected chi connectivity index (χ0v) is 9.96. The molecule has 4 nitrogen and oxygen atoms in total. The van der Waals surface area contributed by atoms with E-state index < -0.39 is 0 Å². The number of carbonyl (C=O) groups excluding carboxylic acids is 2. The smallest absolute Gasteiger partial charge is 0.221 e. The number of allylic oxidation sites excluding steroid dienone is 4. The molecule has 0 aromatic heterocycles. The van der Waals surface area contributed by atoms with Gasteiger partial charge in [-0.05, 0) is 18.6 Å².